The Kier molecular flexibility index (Phi) is 5.33. The van der Waals surface area contributed by atoms with E-state index < -0.39 is 26.6 Å². The van der Waals surface area contributed by atoms with Gasteiger partial charge in [-0.15, -0.1) is 0 Å². The maximum absolute atomic E-state index is 12.4. The second-order valence-electron chi connectivity index (χ2n) is 5.75. The number of Topliss-reactive ketones (excluding diaryl/α,β-unsaturated/α-hetero) is 1. The summed E-state index contributed by atoms with van der Waals surface area (Å²) in [5.41, 5.74) is 0.216. The fraction of sp³-hybridized carbons (Fsp3) is 0.533. The molecule has 2 unspecified atom stereocenters. The highest BCUT2D eigenvalue weighted by Crippen LogP contribution is 2.29. The number of hydrogen-bond donors (Lipinski definition) is 0. The molecule has 0 aromatic heterocycles. The van der Waals surface area contributed by atoms with Crippen molar-refractivity contribution in [2.24, 2.45) is 5.92 Å². The van der Waals surface area contributed by atoms with Crippen LogP contribution in [0.1, 0.15) is 43.0 Å². The monoisotopic (exact) mass is 348 g/mol. The molecule has 2 atom stereocenters. The Labute approximate surface area is 135 Å². The van der Waals surface area contributed by atoms with Crippen LogP contribution in [0, 0.1) is 5.92 Å². The summed E-state index contributed by atoms with van der Waals surface area (Å²) in [5.74, 6) is -0.547. The Morgan fingerprint density at radius 2 is 2.00 bits per heavy atom. The molecule has 0 spiro atoms. The van der Waals surface area contributed by atoms with E-state index in [2.05, 4.69) is 6.92 Å². The second-order valence-corrected chi connectivity index (χ2v) is 8.87. The number of sulfone groups is 1. The zero-order valence-corrected chi connectivity index (χ0v) is 14.1. The average Bonchev–Trinajstić information content (AvgIpc) is 2.37. The van der Waals surface area contributed by atoms with Gasteiger partial charge in [0.1, 0.15) is 5.75 Å². The van der Waals surface area contributed by atoms with E-state index >= 15 is 0 Å². The van der Waals surface area contributed by atoms with Crippen LogP contribution < -0.4 is 0 Å². The molecule has 1 fully saturated rings. The Balaban J connectivity index is 2.14. The zero-order chi connectivity index (χ0) is 15.6. The van der Waals surface area contributed by atoms with Crippen LogP contribution in [-0.4, -0.2) is 25.2 Å². The summed E-state index contributed by atoms with van der Waals surface area (Å²) in [6.45, 7) is 2.06. The molecule has 1 aromatic carbocycles. The van der Waals surface area contributed by atoms with E-state index in [1.807, 2.05) is 0 Å². The van der Waals surface area contributed by atoms with Crippen LogP contribution in [0.2, 0.25) is 10.0 Å². The van der Waals surface area contributed by atoms with E-state index in [1.54, 1.807) is 0 Å². The summed E-state index contributed by atoms with van der Waals surface area (Å²) in [6, 6.07) is 4.47. The van der Waals surface area contributed by atoms with Gasteiger partial charge >= 0.3 is 0 Å². The van der Waals surface area contributed by atoms with Gasteiger partial charge in [0.25, 0.3) is 0 Å². The number of carbonyl (C=O) groups is 1. The normalized spacial score (nSPS) is 23.0. The molecule has 0 bridgehead atoms. The molecule has 0 amide bonds. The fourth-order valence-electron chi connectivity index (χ4n) is 2.80. The number of carbonyl (C=O) groups excluding carboxylic acids is 1. The van der Waals surface area contributed by atoms with Gasteiger partial charge in [-0.2, -0.15) is 0 Å². The molecule has 2 rings (SSSR count). The Hall–Kier alpha value is -0.580. The average molecular weight is 349 g/mol. The fourth-order valence-corrected chi connectivity index (χ4v) is 5.22. The molecular weight excluding hydrogens is 331 g/mol. The second kappa shape index (κ2) is 6.67. The SMILES string of the molecule is CC1CCCC(S(=O)(=O)CC(=O)c2ccc(Cl)cc2Cl)C1. The smallest absolute Gasteiger partial charge is 0.179 e. The molecule has 3 nitrogen and oxygen atoms in total. The van der Waals surface area contributed by atoms with Gasteiger partial charge in [-0.1, -0.05) is 43.0 Å². The van der Waals surface area contributed by atoms with Crippen LogP contribution in [0.15, 0.2) is 18.2 Å². The van der Waals surface area contributed by atoms with Crippen molar-refractivity contribution in [3.05, 3.63) is 33.8 Å². The number of ketones is 1. The molecule has 1 aliphatic rings. The summed E-state index contributed by atoms with van der Waals surface area (Å²) in [5, 5.41) is 0.205. The van der Waals surface area contributed by atoms with Crippen LogP contribution in [-0.2, 0) is 9.84 Å². The van der Waals surface area contributed by atoms with E-state index in [-0.39, 0.29) is 10.6 Å². The largest absolute Gasteiger partial charge is 0.293 e. The lowest BCUT2D eigenvalue weighted by atomic mass is 9.91. The molecule has 0 N–H and O–H groups in total. The van der Waals surface area contributed by atoms with E-state index in [4.69, 9.17) is 23.2 Å². The minimum atomic E-state index is -3.43. The lowest BCUT2D eigenvalue weighted by Gasteiger charge is -2.26. The van der Waals surface area contributed by atoms with Crippen molar-refractivity contribution in [2.75, 3.05) is 5.75 Å². The number of halogens is 2. The molecule has 21 heavy (non-hydrogen) atoms. The van der Waals surface area contributed by atoms with E-state index in [9.17, 15) is 13.2 Å². The summed E-state index contributed by atoms with van der Waals surface area (Å²) in [4.78, 5) is 12.2. The molecule has 6 heteroatoms. The van der Waals surface area contributed by atoms with Crippen molar-refractivity contribution in [3.8, 4) is 0 Å². The van der Waals surface area contributed by atoms with E-state index in [0.29, 0.717) is 23.8 Å². The minimum Gasteiger partial charge on any atom is -0.293 e. The topological polar surface area (TPSA) is 51.2 Å². The van der Waals surface area contributed by atoms with Crippen LogP contribution in [0.3, 0.4) is 0 Å². The van der Waals surface area contributed by atoms with Crippen LogP contribution in [0.25, 0.3) is 0 Å². The van der Waals surface area contributed by atoms with E-state index in [0.717, 1.165) is 12.8 Å². The Morgan fingerprint density at radius 1 is 1.29 bits per heavy atom. The van der Waals surface area contributed by atoms with Crippen LogP contribution in [0.4, 0.5) is 0 Å². The number of benzene rings is 1. The highest BCUT2D eigenvalue weighted by Gasteiger charge is 2.32. The highest BCUT2D eigenvalue weighted by molar-refractivity contribution is 7.92. The van der Waals surface area contributed by atoms with Gasteiger partial charge < -0.3 is 0 Å². The number of rotatable bonds is 4. The first-order chi connectivity index (χ1) is 9.79. The first-order valence-electron chi connectivity index (χ1n) is 6.99. The summed E-state index contributed by atoms with van der Waals surface area (Å²) in [7, 11) is -3.43. The minimum absolute atomic E-state index is 0.194. The van der Waals surface area contributed by atoms with Gasteiger partial charge in [0.05, 0.1) is 10.3 Å². The summed E-state index contributed by atoms with van der Waals surface area (Å²) >= 11 is 11.7. The lowest BCUT2D eigenvalue weighted by Crippen LogP contribution is -2.32. The van der Waals surface area contributed by atoms with Crippen molar-refractivity contribution >= 4 is 38.8 Å². The highest BCUT2D eigenvalue weighted by atomic mass is 35.5. The number of hydrogen-bond acceptors (Lipinski definition) is 3. The van der Waals surface area contributed by atoms with Crippen molar-refractivity contribution < 1.29 is 13.2 Å². The third-order valence-corrected chi connectivity index (χ3v) is 6.62. The van der Waals surface area contributed by atoms with Crippen molar-refractivity contribution in [1.29, 1.82) is 0 Å². The van der Waals surface area contributed by atoms with Gasteiger partial charge in [0.15, 0.2) is 15.6 Å². The molecule has 1 aliphatic carbocycles. The van der Waals surface area contributed by atoms with Crippen molar-refractivity contribution in [3.63, 3.8) is 0 Å². The Bertz CT molecular complexity index is 640. The van der Waals surface area contributed by atoms with Crippen molar-refractivity contribution in [1.82, 2.24) is 0 Å². The first-order valence-corrected chi connectivity index (χ1v) is 9.46. The van der Waals surface area contributed by atoms with Gasteiger partial charge in [0, 0.05) is 10.6 Å². The molecule has 0 radical (unpaired) electrons. The summed E-state index contributed by atoms with van der Waals surface area (Å²) < 4.78 is 24.8. The predicted octanol–water partition coefficient (Wildman–Crippen LogP) is 4.17. The third-order valence-electron chi connectivity index (χ3n) is 3.96. The molecule has 0 heterocycles. The first kappa shape index (κ1) is 16.8. The van der Waals surface area contributed by atoms with Gasteiger partial charge in [-0.25, -0.2) is 8.42 Å². The Morgan fingerprint density at radius 3 is 2.62 bits per heavy atom. The lowest BCUT2D eigenvalue weighted by molar-refractivity contribution is 0.102. The molecule has 1 saturated carbocycles. The molecule has 0 saturated heterocycles. The predicted molar refractivity (Wildman–Crippen MR) is 86.0 cm³/mol. The van der Waals surface area contributed by atoms with Gasteiger partial charge in [-0.05, 0) is 37.0 Å². The van der Waals surface area contributed by atoms with Gasteiger partial charge in [-0.3, -0.25) is 4.79 Å². The standard InChI is InChI=1S/C15H18Cl2O3S/c1-10-3-2-4-12(7-10)21(19,20)9-15(18)13-6-5-11(16)8-14(13)17/h5-6,8,10,12H,2-4,7,9H2,1H3. The third kappa shape index (κ3) is 4.21. The molecular formula is C15H18Cl2O3S. The van der Waals surface area contributed by atoms with Crippen LogP contribution >= 0.6 is 23.2 Å². The molecule has 0 aliphatic heterocycles. The maximum Gasteiger partial charge on any atom is 0.179 e. The molecule has 1 aromatic rings. The van der Waals surface area contributed by atoms with Crippen molar-refractivity contribution in [2.45, 2.75) is 37.9 Å². The van der Waals surface area contributed by atoms with E-state index in [1.165, 1.54) is 18.2 Å². The zero-order valence-electron chi connectivity index (χ0n) is 11.8. The summed E-state index contributed by atoms with van der Waals surface area (Å²) in [6.07, 6.45) is 3.25. The van der Waals surface area contributed by atoms with Crippen LogP contribution in [0.5, 0.6) is 0 Å². The van der Waals surface area contributed by atoms with Gasteiger partial charge in [0.2, 0.25) is 0 Å². The quantitative estimate of drug-likeness (QED) is 0.767. The molecule has 116 valence electrons. The maximum atomic E-state index is 12.4.